The van der Waals surface area contributed by atoms with Crippen molar-refractivity contribution in [2.24, 2.45) is 0 Å². The van der Waals surface area contributed by atoms with Crippen LogP contribution in [0.25, 0.3) is 0 Å². The molecule has 1 unspecified atom stereocenters. The first-order valence-corrected chi connectivity index (χ1v) is 6.96. The Balaban J connectivity index is 1.81. The van der Waals surface area contributed by atoms with Crippen LogP contribution in [0.5, 0.6) is 0 Å². The van der Waals surface area contributed by atoms with Gasteiger partial charge in [0.05, 0.1) is 24.4 Å². The molecular formula is C12H18N2O3S. The second kappa shape index (κ2) is 6.26. The molecule has 5 nitrogen and oxygen atoms in total. The Morgan fingerprint density at radius 1 is 1.61 bits per heavy atom. The molecule has 6 heteroatoms. The number of carbonyl (C=O) groups excluding carboxylic acids is 1. The van der Waals surface area contributed by atoms with Crippen molar-refractivity contribution in [1.29, 1.82) is 0 Å². The fourth-order valence-electron chi connectivity index (χ4n) is 1.92. The molecule has 18 heavy (non-hydrogen) atoms. The van der Waals surface area contributed by atoms with Gasteiger partial charge < -0.3 is 9.47 Å². The number of morpholine rings is 1. The van der Waals surface area contributed by atoms with Crippen molar-refractivity contribution in [1.82, 2.24) is 9.88 Å². The zero-order valence-corrected chi connectivity index (χ0v) is 11.5. The van der Waals surface area contributed by atoms with E-state index in [0.29, 0.717) is 4.88 Å². The Kier molecular flexibility index (Phi) is 4.68. The van der Waals surface area contributed by atoms with E-state index in [9.17, 15) is 4.79 Å². The minimum absolute atomic E-state index is 0.114. The highest BCUT2D eigenvalue weighted by Gasteiger charge is 2.19. The van der Waals surface area contributed by atoms with E-state index in [1.165, 1.54) is 11.3 Å². The maximum absolute atomic E-state index is 11.9. The van der Waals surface area contributed by atoms with Crippen molar-refractivity contribution in [3.8, 4) is 0 Å². The van der Waals surface area contributed by atoms with E-state index in [0.717, 1.165) is 38.5 Å². The molecule has 0 saturated carbocycles. The van der Waals surface area contributed by atoms with Gasteiger partial charge in [-0.05, 0) is 13.8 Å². The number of rotatable bonds is 4. The lowest BCUT2D eigenvalue weighted by Gasteiger charge is -2.28. The van der Waals surface area contributed by atoms with Crippen LogP contribution in [0.1, 0.15) is 22.3 Å². The number of aromatic nitrogens is 1. The van der Waals surface area contributed by atoms with Gasteiger partial charge in [-0.25, -0.2) is 9.78 Å². The molecule has 100 valence electrons. The monoisotopic (exact) mass is 270 g/mol. The summed E-state index contributed by atoms with van der Waals surface area (Å²) in [7, 11) is 0. The second-order valence-corrected chi connectivity index (χ2v) is 5.25. The van der Waals surface area contributed by atoms with E-state index in [1.807, 2.05) is 13.8 Å². The molecule has 1 aromatic heterocycles. The largest absolute Gasteiger partial charge is 0.457 e. The van der Waals surface area contributed by atoms with Crippen molar-refractivity contribution in [2.75, 3.05) is 32.8 Å². The first kappa shape index (κ1) is 13.5. The van der Waals surface area contributed by atoms with E-state index in [4.69, 9.17) is 9.47 Å². The van der Waals surface area contributed by atoms with Gasteiger partial charge in [-0.15, -0.1) is 11.3 Å². The Morgan fingerprint density at radius 2 is 2.33 bits per heavy atom. The molecule has 1 fully saturated rings. The number of ether oxygens (including phenoxy) is 2. The molecule has 0 bridgehead atoms. The maximum atomic E-state index is 11.9. The van der Waals surface area contributed by atoms with Gasteiger partial charge in [0.25, 0.3) is 0 Å². The lowest BCUT2D eigenvalue weighted by atomic mass is 10.3. The van der Waals surface area contributed by atoms with Gasteiger partial charge in [-0.2, -0.15) is 0 Å². The third-order valence-corrected chi connectivity index (χ3v) is 3.77. The lowest BCUT2D eigenvalue weighted by Crippen LogP contribution is -2.41. The fourth-order valence-corrected chi connectivity index (χ4v) is 2.60. The minimum atomic E-state index is -0.268. The molecule has 2 rings (SSSR count). The average Bonchev–Trinajstić information content (AvgIpc) is 2.76. The molecular weight excluding hydrogens is 252 g/mol. The standard InChI is InChI=1S/C12H18N2O3S/c1-9(7-14-3-5-16-6-4-14)17-12(15)11-10(2)13-8-18-11/h8-9H,3-7H2,1-2H3. The summed E-state index contributed by atoms with van der Waals surface area (Å²) in [6.07, 6.45) is -0.114. The Hall–Kier alpha value is -0.980. The predicted molar refractivity (Wildman–Crippen MR) is 69.0 cm³/mol. The van der Waals surface area contributed by atoms with Crippen molar-refractivity contribution in [2.45, 2.75) is 20.0 Å². The van der Waals surface area contributed by atoms with Crippen LogP contribution in [0.3, 0.4) is 0 Å². The third kappa shape index (κ3) is 3.51. The van der Waals surface area contributed by atoms with E-state index in [-0.39, 0.29) is 12.1 Å². The number of aryl methyl sites for hydroxylation is 1. The number of hydrogen-bond donors (Lipinski definition) is 0. The van der Waals surface area contributed by atoms with E-state index < -0.39 is 0 Å². The van der Waals surface area contributed by atoms with Gasteiger partial charge in [0.15, 0.2) is 0 Å². The molecule has 0 radical (unpaired) electrons. The summed E-state index contributed by atoms with van der Waals surface area (Å²) in [4.78, 5) is 18.8. The first-order chi connectivity index (χ1) is 8.66. The molecule has 0 spiro atoms. The average molecular weight is 270 g/mol. The number of carbonyl (C=O) groups is 1. The topological polar surface area (TPSA) is 51.7 Å². The van der Waals surface area contributed by atoms with Gasteiger partial charge in [0, 0.05) is 19.6 Å². The highest BCUT2D eigenvalue weighted by molar-refractivity contribution is 7.11. The van der Waals surface area contributed by atoms with Gasteiger partial charge in [-0.3, -0.25) is 4.90 Å². The van der Waals surface area contributed by atoms with Crippen molar-refractivity contribution < 1.29 is 14.3 Å². The zero-order valence-electron chi connectivity index (χ0n) is 10.7. The molecule has 0 aliphatic carbocycles. The Morgan fingerprint density at radius 3 is 2.94 bits per heavy atom. The van der Waals surface area contributed by atoms with Crippen LogP contribution >= 0.6 is 11.3 Å². The van der Waals surface area contributed by atoms with Crippen molar-refractivity contribution in [3.63, 3.8) is 0 Å². The van der Waals surface area contributed by atoms with Crippen molar-refractivity contribution in [3.05, 3.63) is 16.1 Å². The van der Waals surface area contributed by atoms with E-state index >= 15 is 0 Å². The normalized spacial score (nSPS) is 18.6. The quantitative estimate of drug-likeness (QED) is 0.773. The molecule has 0 aromatic carbocycles. The predicted octanol–water partition coefficient (Wildman–Crippen LogP) is 1.33. The molecule has 1 saturated heterocycles. The molecule has 1 aliphatic rings. The van der Waals surface area contributed by atoms with Crippen LogP contribution in [0.4, 0.5) is 0 Å². The summed E-state index contributed by atoms with van der Waals surface area (Å²) in [5.41, 5.74) is 2.40. The summed E-state index contributed by atoms with van der Waals surface area (Å²) in [5, 5.41) is 0. The van der Waals surface area contributed by atoms with Crippen LogP contribution < -0.4 is 0 Å². The SMILES string of the molecule is Cc1ncsc1C(=O)OC(C)CN1CCOCC1. The zero-order chi connectivity index (χ0) is 13.0. The van der Waals surface area contributed by atoms with Crippen molar-refractivity contribution >= 4 is 17.3 Å². The van der Waals surface area contributed by atoms with Crippen LogP contribution in [0.15, 0.2) is 5.51 Å². The second-order valence-electron chi connectivity index (χ2n) is 4.40. The molecule has 2 heterocycles. The summed E-state index contributed by atoms with van der Waals surface area (Å²) < 4.78 is 10.7. The number of nitrogens with zero attached hydrogens (tertiary/aromatic N) is 2. The minimum Gasteiger partial charge on any atom is -0.457 e. The summed E-state index contributed by atoms with van der Waals surface area (Å²) in [6.45, 7) is 7.82. The van der Waals surface area contributed by atoms with Crippen LogP contribution in [0.2, 0.25) is 0 Å². The van der Waals surface area contributed by atoms with Gasteiger partial charge >= 0.3 is 5.97 Å². The maximum Gasteiger partial charge on any atom is 0.350 e. The summed E-state index contributed by atoms with van der Waals surface area (Å²) in [6, 6.07) is 0. The van der Waals surface area contributed by atoms with Crippen LogP contribution in [0, 0.1) is 6.92 Å². The molecule has 1 atom stereocenters. The molecule has 0 N–H and O–H groups in total. The highest BCUT2D eigenvalue weighted by atomic mass is 32.1. The smallest absolute Gasteiger partial charge is 0.350 e. The summed E-state index contributed by atoms with van der Waals surface area (Å²) >= 11 is 1.33. The van der Waals surface area contributed by atoms with E-state index in [1.54, 1.807) is 5.51 Å². The molecule has 0 amide bonds. The Bertz CT molecular complexity index is 402. The number of hydrogen-bond acceptors (Lipinski definition) is 6. The van der Waals surface area contributed by atoms with E-state index in [2.05, 4.69) is 9.88 Å². The van der Waals surface area contributed by atoms with Crippen LogP contribution in [-0.2, 0) is 9.47 Å². The number of thiazole rings is 1. The van der Waals surface area contributed by atoms with Gasteiger partial charge in [0.1, 0.15) is 11.0 Å². The third-order valence-electron chi connectivity index (χ3n) is 2.86. The van der Waals surface area contributed by atoms with Gasteiger partial charge in [0.2, 0.25) is 0 Å². The Labute approximate surface area is 111 Å². The van der Waals surface area contributed by atoms with Gasteiger partial charge in [-0.1, -0.05) is 0 Å². The number of esters is 1. The van der Waals surface area contributed by atoms with Crippen LogP contribution in [-0.4, -0.2) is 54.8 Å². The molecule has 1 aromatic rings. The first-order valence-electron chi connectivity index (χ1n) is 6.08. The highest BCUT2D eigenvalue weighted by Crippen LogP contribution is 2.14. The molecule has 1 aliphatic heterocycles. The summed E-state index contributed by atoms with van der Waals surface area (Å²) in [5.74, 6) is -0.268. The fraction of sp³-hybridized carbons (Fsp3) is 0.667. The lowest BCUT2D eigenvalue weighted by molar-refractivity contribution is 0.000679.